The topological polar surface area (TPSA) is 55.0 Å². The van der Waals surface area contributed by atoms with Crippen molar-refractivity contribution in [3.63, 3.8) is 0 Å². The fourth-order valence-corrected chi connectivity index (χ4v) is 1.97. The molecule has 2 rings (SSSR count). The van der Waals surface area contributed by atoms with E-state index in [1.807, 2.05) is 44.4 Å². The van der Waals surface area contributed by atoms with E-state index in [0.717, 1.165) is 29.2 Å². The minimum absolute atomic E-state index is 0.495. The third-order valence-electron chi connectivity index (χ3n) is 2.85. The van der Waals surface area contributed by atoms with E-state index in [1.54, 1.807) is 6.20 Å². The van der Waals surface area contributed by atoms with E-state index in [0.29, 0.717) is 6.54 Å². The van der Waals surface area contributed by atoms with Gasteiger partial charge in [0.2, 0.25) is 0 Å². The molecule has 94 valence electrons. The fourth-order valence-electron chi connectivity index (χ4n) is 1.97. The van der Waals surface area contributed by atoms with Gasteiger partial charge in [-0.1, -0.05) is 6.07 Å². The van der Waals surface area contributed by atoms with Crippen LogP contribution in [0.25, 0.3) is 0 Å². The van der Waals surface area contributed by atoms with Crippen LogP contribution in [0.3, 0.4) is 0 Å². The van der Waals surface area contributed by atoms with Crippen molar-refractivity contribution >= 4 is 5.69 Å². The smallest absolute Gasteiger partial charge is 0.0600 e. The summed E-state index contributed by atoms with van der Waals surface area (Å²) in [7, 11) is 2.04. The average Bonchev–Trinajstić information content (AvgIpc) is 2.38. The molecule has 18 heavy (non-hydrogen) atoms. The largest absolute Gasteiger partial charge is 0.368 e. The Morgan fingerprint density at radius 2 is 2.11 bits per heavy atom. The molecular formula is C14H18N4. The zero-order valence-corrected chi connectivity index (χ0v) is 10.8. The Kier molecular flexibility index (Phi) is 3.89. The van der Waals surface area contributed by atoms with Crippen LogP contribution in [-0.2, 0) is 13.1 Å². The van der Waals surface area contributed by atoms with Crippen LogP contribution in [0, 0.1) is 6.92 Å². The van der Waals surface area contributed by atoms with Crippen molar-refractivity contribution in [1.82, 2.24) is 9.97 Å². The van der Waals surface area contributed by atoms with Gasteiger partial charge in [0.15, 0.2) is 0 Å². The molecule has 2 heterocycles. The molecule has 2 aromatic heterocycles. The quantitative estimate of drug-likeness (QED) is 0.889. The highest BCUT2D eigenvalue weighted by Gasteiger charge is 2.07. The molecule has 0 radical (unpaired) electrons. The molecule has 0 aliphatic rings. The van der Waals surface area contributed by atoms with E-state index < -0.39 is 0 Å². The first-order valence-corrected chi connectivity index (χ1v) is 5.97. The number of hydrogen-bond donors (Lipinski definition) is 1. The predicted molar refractivity (Wildman–Crippen MR) is 73.2 cm³/mol. The van der Waals surface area contributed by atoms with Crippen molar-refractivity contribution < 1.29 is 0 Å². The van der Waals surface area contributed by atoms with Crippen LogP contribution >= 0.6 is 0 Å². The highest BCUT2D eigenvalue weighted by Crippen LogP contribution is 2.19. The second kappa shape index (κ2) is 5.60. The predicted octanol–water partition coefficient (Wildman–Crippen LogP) is 1.88. The highest BCUT2D eigenvalue weighted by atomic mass is 15.1. The monoisotopic (exact) mass is 242 g/mol. The van der Waals surface area contributed by atoms with E-state index in [2.05, 4.69) is 14.9 Å². The first kappa shape index (κ1) is 12.5. The third kappa shape index (κ3) is 2.84. The number of nitrogens with two attached hydrogens (primary N) is 1. The van der Waals surface area contributed by atoms with Gasteiger partial charge in [0, 0.05) is 42.9 Å². The average molecular weight is 242 g/mol. The lowest BCUT2D eigenvalue weighted by Gasteiger charge is -2.21. The van der Waals surface area contributed by atoms with Gasteiger partial charge in [-0.2, -0.15) is 0 Å². The number of hydrogen-bond acceptors (Lipinski definition) is 4. The zero-order valence-electron chi connectivity index (χ0n) is 10.8. The van der Waals surface area contributed by atoms with Crippen molar-refractivity contribution in [2.75, 3.05) is 11.9 Å². The van der Waals surface area contributed by atoms with E-state index in [9.17, 15) is 0 Å². The summed E-state index contributed by atoms with van der Waals surface area (Å²) < 4.78 is 0. The molecule has 0 saturated heterocycles. The standard InChI is InChI=1S/C14H18N4/c1-11-4-3-5-13(17-11)10-18(2)14-6-7-16-9-12(14)8-15/h3-7,9H,8,10,15H2,1-2H3. The number of anilines is 1. The Balaban J connectivity index is 2.19. The van der Waals surface area contributed by atoms with Crippen molar-refractivity contribution in [1.29, 1.82) is 0 Å². The molecule has 0 unspecified atom stereocenters. The number of aryl methyl sites for hydroxylation is 1. The summed E-state index contributed by atoms with van der Waals surface area (Å²) in [5, 5.41) is 0. The van der Waals surface area contributed by atoms with Crippen LogP contribution in [0.5, 0.6) is 0 Å². The van der Waals surface area contributed by atoms with E-state index in [1.165, 1.54) is 0 Å². The molecule has 4 nitrogen and oxygen atoms in total. The van der Waals surface area contributed by atoms with E-state index in [4.69, 9.17) is 5.73 Å². The van der Waals surface area contributed by atoms with Crippen LogP contribution in [0.4, 0.5) is 5.69 Å². The molecule has 0 amide bonds. The van der Waals surface area contributed by atoms with Crippen molar-refractivity contribution in [3.05, 3.63) is 53.6 Å². The molecule has 0 bridgehead atoms. The van der Waals surface area contributed by atoms with E-state index in [-0.39, 0.29) is 0 Å². The Hall–Kier alpha value is -1.94. The molecule has 0 saturated carbocycles. The van der Waals surface area contributed by atoms with Gasteiger partial charge in [-0.3, -0.25) is 9.97 Å². The Bertz CT molecular complexity index is 525. The summed E-state index contributed by atoms with van der Waals surface area (Å²) >= 11 is 0. The first-order valence-electron chi connectivity index (χ1n) is 5.97. The zero-order chi connectivity index (χ0) is 13.0. The maximum absolute atomic E-state index is 5.72. The van der Waals surface area contributed by atoms with Crippen LogP contribution in [0.2, 0.25) is 0 Å². The van der Waals surface area contributed by atoms with Gasteiger partial charge < -0.3 is 10.6 Å². The SMILES string of the molecule is Cc1cccc(CN(C)c2ccncc2CN)n1. The summed E-state index contributed by atoms with van der Waals surface area (Å²) in [6.45, 7) is 3.26. The summed E-state index contributed by atoms with van der Waals surface area (Å²) in [6.07, 6.45) is 3.60. The van der Waals surface area contributed by atoms with Gasteiger partial charge in [0.1, 0.15) is 0 Å². The number of pyridine rings is 2. The number of rotatable bonds is 4. The summed E-state index contributed by atoms with van der Waals surface area (Å²) in [4.78, 5) is 10.7. The maximum atomic E-state index is 5.72. The van der Waals surface area contributed by atoms with Crippen molar-refractivity contribution in [2.45, 2.75) is 20.0 Å². The van der Waals surface area contributed by atoms with E-state index >= 15 is 0 Å². The minimum atomic E-state index is 0.495. The Labute approximate surface area is 107 Å². The normalized spacial score (nSPS) is 10.4. The fraction of sp³-hybridized carbons (Fsp3) is 0.286. The number of nitrogens with zero attached hydrogens (tertiary/aromatic N) is 3. The molecule has 2 aromatic rings. The molecule has 0 aliphatic heterocycles. The van der Waals surface area contributed by atoms with Crippen molar-refractivity contribution in [2.24, 2.45) is 5.73 Å². The third-order valence-corrected chi connectivity index (χ3v) is 2.85. The summed E-state index contributed by atoms with van der Waals surface area (Å²) in [5.41, 5.74) is 9.97. The highest BCUT2D eigenvalue weighted by molar-refractivity contribution is 5.51. The van der Waals surface area contributed by atoms with Crippen LogP contribution in [0.1, 0.15) is 17.0 Å². The van der Waals surface area contributed by atoms with Crippen LogP contribution < -0.4 is 10.6 Å². The van der Waals surface area contributed by atoms with Gasteiger partial charge >= 0.3 is 0 Å². The molecule has 0 aromatic carbocycles. The molecule has 0 atom stereocenters. The molecule has 4 heteroatoms. The van der Waals surface area contributed by atoms with Crippen molar-refractivity contribution in [3.8, 4) is 0 Å². The molecule has 0 spiro atoms. The molecular weight excluding hydrogens is 224 g/mol. The molecule has 2 N–H and O–H groups in total. The lowest BCUT2D eigenvalue weighted by atomic mass is 10.2. The molecule has 0 aliphatic carbocycles. The van der Waals surface area contributed by atoms with Gasteiger partial charge in [-0.05, 0) is 25.1 Å². The lowest BCUT2D eigenvalue weighted by molar-refractivity contribution is 0.862. The Morgan fingerprint density at radius 1 is 1.28 bits per heavy atom. The lowest BCUT2D eigenvalue weighted by Crippen LogP contribution is -2.19. The van der Waals surface area contributed by atoms with Crippen LogP contribution in [0.15, 0.2) is 36.7 Å². The molecule has 0 fully saturated rings. The minimum Gasteiger partial charge on any atom is -0.368 e. The number of aromatic nitrogens is 2. The van der Waals surface area contributed by atoms with Gasteiger partial charge in [0.25, 0.3) is 0 Å². The van der Waals surface area contributed by atoms with Gasteiger partial charge in [0.05, 0.1) is 12.2 Å². The van der Waals surface area contributed by atoms with Gasteiger partial charge in [-0.25, -0.2) is 0 Å². The second-order valence-electron chi connectivity index (χ2n) is 4.33. The summed E-state index contributed by atoms with van der Waals surface area (Å²) in [5.74, 6) is 0. The summed E-state index contributed by atoms with van der Waals surface area (Å²) in [6, 6.07) is 8.05. The first-order chi connectivity index (χ1) is 8.70. The second-order valence-corrected chi connectivity index (χ2v) is 4.33. The Morgan fingerprint density at radius 3 is 2.83 bits per heavy atom. The van der Waals surface area contributed by atoms with Gasteiger partial charge in [-0.15, -0.1) is 0 Å². The van der Waals surface area contributed by atoms with Crippen LogP contribution in [-0.4, -0.2) is 17.0 Å². The maximum Gasteiger partial charge on any atom is 0.0600 e.